The van der Waals surface area contributed by atoms with Crippen LogP contribution in [-0.4, -0.2) is 19.5 Å². The van der Waals surface area contributed by atoms with Crippen molar-refractivity contribution in [2.24, 2.45) is 0 Å². The van der Waals surface area contributed by atoms with Gasteiger partial charge in [-0.2, -0.15) is 0 Å². The maximum atomic E-state index is 6.98. The van der Waals surface area contributed by atoms with Crippen LogP contribution < -0.4 is 4.74 Å². The molecule has 0 fully saturated rings. The van der Waals surface area contributed by atoms with E-state index in [0.717, 1.165) is 82.0 Å². The van der Waals surface area contributed by atoms with Gasteiger partial charge < -0.3 is 13.7 Å². The maximum Gasteiger partial charge on any atom is 0.167 e. The third-order valence-corrected chi connectivity index (χ3v) is 10.8. The van der Waals surface area contributed by atoms with Crippen LogP contribution in [0.5, 0.6) is 11.5 Å². The number of hydrogen-bond acceptors (Lipinski definition) is 6. The summed E-state index contributed by atoms with van der Waals surface area (Å²) in [7, 11) is 0. The van der Waals surface area contributed by atoms with E-state index in [1.165, 1.54) is 5.39 Å². The predicted molar refractivity (Wildman–Crippen MR) is 208 cm³/mol. The molecule has 1 aliphatic heterocycles. The first kappa shape index (κ1) is 29.1. The van der Waals surface area contributed by atoms with E-state index in [4.69, 9.17) is 24.1 Å². The number of hydrogen-bond donors (Lipinski definition) is 0. The quantitative estimate of drug-likeness (QED) is 0.184. The molecule has 52 heavy (non-hydrogen) atoms. The molecule has 0 radical (unpaired) electrons. The smallest absolute Gasteiger partial charge is 0.167 e. The first-order valence-corrected chi connectivity index (χ1v) is 17.9. The molecule has 0 atom stereocenters. The number of benzene rings is 7. The van der Waals surface area contributed by atoms with Crippen LogP contribution in [0.3, 0.4) is 0 Å². The molecule has 0 saturated carbocycles. The lowest BCUT2D eigenvalue weighted by atomic mass is 10.1. The predicted octanol–water partition coefficient (Wildman–Crippen LogP) is 12.1. The Kier molecular flexibility index (Phi) is 6.38. The average molecular weight is 687 g/mol. The largest absolute Gasteiger partial charge is 0.455 e. The molecule has 0 bridgehead atoms. The number of rotatable bonds is 4. The zero-order valence-corrected chi connectivity index (χ0v) is 28.3. The van der Waals surface area contributed by atoms with Crippen molar-refractivity contribution in [3.8, 4) is 51.3 Å². The van der Waals surface area contributed by atoms with E-state index in [9.17, 15) is 0 Å². The molecule has 0 N–H and O–H groups in total. The molecule has 7 aromatic carbocycles. The highest BCUT2D eigenvalue weighted by atomic mass is 32.2. The Bertz CT molecular complexity index is 2970. The minimum Gasteiger partial charge on any atom is -0.455 e. The molecule has 0 saturated heterocycles. The minimum atomic E-state index is 0.553. The van der Waals surface area contributed by atoms with Crippen molar-refractivity contribution < 1.29 is 9.15 Å². The molecule has 0 amide bonds. The lowest BCUT2D eigenvalue weighted by Gasteiger charge is -2.20. The van der Waals surface area contributed by atoms with E-state index in [2.05, 4.69) is 77.4 Å². The maximum absolute atomic E-state index is 6.98. The molecule has 10 aromatic rings. The standard InChI is InChI=1S/C45H26N4O2S/c1-3-13-27(14-4-1)43-46-44(28-15-5-2-6-16-28)48-45(47-43)32-20-11-18-30-31-19-12-22-35(42(31)51-41(30)32)49-34-21-8-7-17-29(34)33-25-40-38(26-36(33)49)50-37-23-9-10-24-39(37)52-40/h1-26H. The summed E-state index contributed by atoms with van der Waals surface area (Å²) in [6.07, 6.45) is 0. The summed E-state index contributed by atoms with van der Waals surface area (Å²) in [6, 6.07) is 53.8. The van der Waals surface area contributed by atoms with Crippen LogP contribution in [0.15, 0.2) is 172 Å². The van der Waals surface area contributed by atoms with E-state index in [1.807, 2.05) is 84.9 Å². The first-order chi connectivity index (χ1) is 25.8. The Balaban J connectivity index is 1.14. The Hall–Kier alpha value is -6.70. The van der Waals surface area contributed by atoms with Gasteiger partial charge >= 0.3 is 0 Å². The third-order valence-electron chi connectivity index (χ3n) is 9.71. The average Bonchev–Trinajstić information content (AvgIpc) is 3.75. The third kappa shape index (κ3) is 4.49. The second kappa shape index (κ2) is 11.4. The molecule has 11 rings (SSSR count). The zero-order chi connectivity index (χ0) is 34.2. The van der Waals surface area contributed by atoms with Gasteiger partial charge in [0, 0.05) is 38.7 Å². The summed E-state index contributed by atoms with van der Waals surface area (Å²) >= 11 is 1.75. The number of fused-ring (bicyclic) bond motifs is 8. The van der Waals surface area contributed by atoms with Gasteiger partial charge in [-0.3, -0.25) is 0 Å². The van der Waals surface area contributed by atoms with Crippen LogP contribution in [0, 0.1) is 0 Å². The van der Waals surface area contributed by atoms with Gasteiger partial charge in [0.2, 0.25) is 0 Å². The molecule has 6 nitrogen and oxygen atoms in total. The van der Waals surface area contributed by atoms with E-state index in [1.54, 1.807) is 11.8 Å². The molecule has 7 heteroatoms. The van der Waals surface area contributed by atoms with Gasteiger partial charge in [-0.15, -0.1) is 0 Å². The van der Waals surface area contributed by atoms with E-state index < -0.39 is 0 Å². The van der Waals surface area contributed by atoms with Crippen molar-refractivity contribution in [2.45, 2.75) is 9.79 Å². The highest BCUT2D eigenvalue weighted by Crippen LogP contribution is 2.50. The van der Waals surface area contributed by atoms with Crippen LogP contribution in [0.4, 0.5) is 0 Å². The minimum absolute atomic E-state index is 0.553. The van der Waals surface area contributed by atoms with Gasteiger partial charge in [0.05, 0.1) is 32.1 Å². The Morgan fingerprint density at radius 1 is 0.442 bits per heavy atom. The molecular formula is C45H26N4O2S. The van der Waals surface area contributed by atoms with Crippen molar-refractivity contribution in [3.63, 3.8) is 0 Å². The van der Waals surface area contributed by atoms with Crippen LogP contribution in [0.1, 0.15) is 0 Å². The topological polar surface area (TPSA) is 66.0 Å². The fourth-order valence-corrected chi connectivity index (χ4v) is 8.31. The van der Waals surface area contributed by atoms with Crippen LogP contribution in [0.25, 0.3) is 83.6 Å². The SMILES string of the molecule is c1ccc(-c2nc(-c3ccccc3)nc(-c3cccc4c3oc3c(-n5c6ccccc6c6cc7c(cc65)Oc5ccccc5S7)cccc34)n2)cc1. The Labute approximate surface area is 302 Å². The lowest BCUT2D eigenvalue weighted by molar-refractivity contribution is 0.455. The number of aromatic nitrogens is 4. The molecule has 0 aliphatic carbocycles. The van der Waals surface area contributed by atoms with Crippen molar-refractivity contribution in [2.75, 3.05) is 0 Å². The number of nitrogens with zero attached hydrogens (tertiary/aromatic N) is 4. The summed E-state index contributed by atoms with van der Waals surface area (Å²) in [5.41, 5.74) is 7.23. The van der Waals surface area contributed by atoms with E-state index in [0.29, 0.717) is 17.5 Å². The second-order valence-electron chi connectivity index (χ2n) is 12.8. The molecule has 0 unspecified atom stereocenters. The number of furan rings is 1. The Morgan fingerprint density at radius 3 is 1.87 bits per heavy atom. The fourth-order valence-electron chi connectivity index (χ4n) is 7.34. The normalized spacial score (nSPS) is 12.3. The van der Waals surface area contributed by atoms with Crippen LogP contribution >= 0.6 is 11.8 Å². The Morgan fingerprint density at radius 2 is 1.08 bits per heavy atom. The molecule has 0 spiro atoms. The first-order valence-electron chi connectivity index (χ1n) is 17.1. The summed E-state index contributed by atoms with van der Waals surface area (Å²) in [4.78, 5) is 17.2. The highest BCUT2D eigenvalue weighted by molar-refractivity contribution is 7.99. The van der Waals surface area contributed by atoms with Gasteiger partial charge in [0.1, 0.15) is 17.1 Å². The van der Waals surface area contributed by atoms with E-state index >= 15 is 0 Å². The van der Waals surface area contributed by atoms with E-state index in [-0.39, 0.29) is 0 Å². The van der Waals surface area contributed by atoms with Gasteiger partial charge in [0.15, 0.2) is 23.1 Å². The molecular weight excluding hydrogens is 661 g/mol. The lowest BCUT2D eigenvalue weighted by Crippen LogP contribution is -2.00. The molecule has 3 aromatic heterocycles. The van der Waals surface area contributed by atoms with Crippen molar-refractivity contribution >= 4 is 55.5 Å². The van der Waals surface area contributed by atoms with Gasteiger partial charge in [-0.1, -0.05) is 127 Å². The monoisotopic (exact) mass is 686 g/mol. The summed E-state index contributed by atoms with van der Waals surface area (Å²) in [5, 5.41) is 4.33. The number of ether oxygens (including phenoxy) is 1. The van der Waals surface area contributed by atoms with Gasteiger partial charge in [-0.25, -0.2) is 15.0 Å². The highest BCUT2D eigenvalue weighted by Gasteiger charge is 2.24. The summed E-state index contributed by atoms with van der Waals surface area (Å²) in [5.74, 6) is 3.48. The number of para-hydroxylation sites is 4. The van der Waals surface area contributed by atoms with Crippen LogP contribution in [-0.2, 0) is 0 Å². The molecule has 4 heterocycles. The molecule has 1 aliphatic rings. The second-order valence-corrected chi connectivity index (χ2v) is 13.9. The van der Waals surface area contributed by atoms with Crippen molar-refractivity contribution in [3.05, 3.63) is 158 Å². The molecule has 244 valence electrons. The summed E-state index contributed by atoms with van der Waals surface area (Å²) < 4.78 is 15.8. The van der Waals surface area contributed by atoms with Crippen molar-refractivity contribution in [1.29, 1.82) is 0 Å². The fraction of sp³-hybridized carbons (Fsp3) is 0. The zero-order valence-electron chi connectivity index (χ0n) is 27.5. The van der Waals surface area contributed by atoms with Gasteiger partial charge in [0.25, 0.3) is 0 Å². The van der Waals surface area contributed by atoms with Gasteiger partial charge in [-0.05, 0) is 36.4 Å². The van der Waals surface area contributed by atoms with Crippen molar-refractivity contribution in [1.82, 2.24) is 19.5 Å². The summed E-state index contributed by atoms with van der Waals surface area (Å²) in [6.45, 7) is 0. The van der Waals surface area contributed by atoms with Crippen LogP contribution in [0.2, 0.25) is 0 Å².